The molecule has 0 unspecified atom stereocenters. The summed E-state index contributed by atoms with van der Waals surface area (Å²) in [6, 6.07) is 0.394. The van der Waals surface area contributed by atoms with Gasteiger partial charge in [0.1, 0.15) is 0 Å². The maximum atomic E-state index is 12.2. The van der Waals surface area contributed by atoms with Crippen molar-refractivity contribution in [3.8, 4) is 0 Å². The topological polar surface area (TPSA) is 52.7 Å². The van der Waals surface area contributed by atoms with E-state index in [9.17, 15) is 9.59 Å². The van der Waals surface area contributed by atoms with Crippen molar-refractivity contribution in [2.45, 2.75) is 45.6 Å². The fourth-order valence-electron chi connectivity index (χ4n) is 2.57. The number of rotatable bonds is 4. The van der Waals surface area contributed by atoms with Gasteiger partial charge in [-0.2, -0.15) is 0 Å². The first kappa shape index (κ1) is 14.2. The molecular weight excluding hydrogens is 242 g/mol. The average molecular weight is 267 g/mol. The first-order chi connectivity index (χ1) is 9.15. The number of likely N-dealkylation sites (tertiary alicyclic amines) is 1. The van der Waals surface area contributed by atoms with Crippen molar-refractivity contribution in [3.63, 3.8) is 0 Å². The van der Waals surface area contributed by atoms with Gasteiger partial charge < -0.3 is 15.1 Å². The average Bonchev–Trinajstić information content (AvgIpc) is 3.25. The molecule has 2 aliphatic rings. The van der Waals surface area contributed by atoms with Crippen molar-refractivity contribution in [1.29, 1.82) is 0 Å². The van der Waals surface area contributed by atoms with Gasteiger partial charge in [0, 0.05) is 38.1 Å². The Bertz CT molecular complexity index is 330. The van der Waals surface area contributed by atoms with Crippen LogP contribution in [0.1, 0.15) is 39.5 Å². The SMILES string of the molecule is CCN(CC)C(=O)N1CCC(NC(=O)C2CC2)CC1. The number of carbonyl (C=O) groups is 2. The van der Waals surface area contributed by atoms with Crippen molar-refractivity contribution in [1.82, 2.24) is 15.1 Å². The Morgan fingerprint density at radius 3 is 2.16 bits per heavy atom. The largest absolute Gasteiger partial charge is 0.353 e. The minimum Gasteiger partial charge on any atom is -0.353 e. The second kappa shape index (κ2) is 6.26. The monoisotopic (exact) mass is 267 g/mol. The number of hydrogen-bond acceptors (Lipinski definition) is 2. The lowest BCUT2D eigenvalue weighted by Crippen LogP contribution is -2.50. The highest BCUT2D eigenvalue weighted by Crippen LogP contribution is 2.29. The van der Waals surface area contributed by atoms with Gasteiger partial charge in [-0.05, 0) is 39.5 Å². The lowest BCUT2D eigenvalue weighted by atomic mass is 10.0. The summed E-state index contributed by atoms with van der Waals surface area (Å²) in [5.41, 5.74) is 0. The molecule has 2 fully saturated rings. The predicted octanol–water partition coefficient (Wildman–Crippen LogP) is 1.44. The molecular formula is C14H25N3O2. The third-order valence-corrected chi connectivity index (χ3v) is 4.09. The Morgan fingerprint density at radius 2 is 1.68 bits per heavy atom. The van der Waals surface area contributed by atoms with Gasteiger partial charge in [0.25, 0.3) is 0 Å². The summed E-state index contributed by atoms with van der Waals surface area (Å²) < 4.78 is 0. The zero-order chi connectivity index (χ0) is 13.8. The van der Waals surface area contributed by atoms with E-state index in [0.717, 1.165) is 51.9 Å². The Hall–Kier alpha value is -1.26. The van der Waals surface area contributed by atoms with Crippen molar-refractivity contribution in [2.75, 3.05) is 26.2 Å². The van der Waals surface area contributed by atoms with Crippen LogP contribution in [0.4, 0.5) is 4.79 Å². The van der Waals surface area contributed by atoms with Gasteiger partial charge in [-0.25, -0.2) is 4.79 Å². The fourth-order valence-corrected chi connectivity index (χ4v) is 2.57. The van der Waals surface area contributed by atoms with Crippen molar-refractivity contribution in [2.24, 2.45) is 5.92 Å². The molecule has 0 bridgehead atoms. The maximum Gasteiger partial charge on any atom is 0.319 e. The number of nitrogens with one attached hydrogen (secondary N) is 1. The van der Waals surface area contributed by atoms with E-state index in [0.29, 0.717) is 0 Å². The van der Waals surface area contributed by atoms with Crippen LogP contribution in [0.15, 0.2) is 0 Å². The maximum absolute atomic E-state index is 12.2. The van der Waals surface area contributed by atoms with Crippen LogP contribution in [-0.2, 0) is 4.79 Å². The highest BCUT2D eigenvalue weighted by Gasteiger charge is 2.32. The zero-order valence-corrected chi connectivity index (χ0v) is 12.0. The molecule has 0 radical (unpaired) electrons. The third-order valence-electron chi connectivity index (χ3n) is 4.09. The van der Waals surface area contributed by atoms with E-state index in [-0.39, 0.29) is 23.9 Å². The Labute approximate surface area is 115 Å². The standard InChI is InChI=1S/C14H25N3O2/c1-3-16(4-2)14(19)17-9-7-12(8-10-17)15-13(18)11-5-6-11/h11-12H,3-10H2,1-2H3,(H,15,18). The fraction of sp³-hybridized carbons (Fsp3) is 0.857. The van der Waals surface area contributed by atoms with Gasteiger partial charge >= 0.3 is 6.03 Å². The number of amides is 3. The summed E-state index contributed by atoms with van der Waals surface area (Å²) in [4.78, 5) is 27.6. The van der Waals surface area contributed by atoms with E-state index in [1.54, 1.807) is 0 Å². The minimum absolute atomic E-state index is 0.136. The smallest absolute Gasteiger partial charge is 0.319 e. The predicted molar refractivity (Wildman–Crippen MR) is 73.8 cm³/mol. The van der Waals surface area contributed by atoms with Crippen LogP contribution >= 0.6 is 0 Å². The van der Waals surface area contributed by atoms with E-state index in [1.165, 1.54) is 0 Å². The van der Waals surface area contributed by atoms with Gasteiger partial charge in [-0.15, -0.1) is 0 Å². The van der Waals surface area contributed by atoms with Crippen LogP contribution in [-0.4, -0.2) is 54.0 Å². The Kier molecular flexibility index (Phi) is 4.66. The summed E-state index contributed by atoms with van der Waals surface area (Å²) in [7, 11) is 0. The van der Waals surface area contributed by atoms with Crippen LogP contribution in [0.2, 0.25) is 0 Å². The van der Waals surface area contributed by atoms with Crippen LogP contribution < -0.4 is 5.32 Å². The van der Waals surface area contributed by atoms with Crippen molar-refractivity contribution < 1.29 is 9.59 Å². The van der Waals surface area contributed by atoms with Crippen LogP contribution in [0.25, 0.3) is 0 Å². The molecule has 0 aromatic heterocycles. The second-order valence-corrected chi connectivity index (χ2v) is 5.50. The summed E-state index contributed by atoms with van der Waals surface area (Å²) in [6.07, 6.45) is 3.85. The molecule has 0 atom stereocenters. The first-order valence-electron chi connectivity index (χ1n) is 7.49. The number of hydrogen-bond donors (Lipinski definition) is 1. The molecule has 19 heavy (non-hydrogen) atoms. The Balaban J connectivity index is 1.75. The molecule has 1 aliphatic heterocycles. The van der Waals surface area contributed by atoms with Gasteiger partial charge in [0.15, 0.2) is 0 Å². The van der Waals surface area contributed by atoms with Gasteiger partial charge in [0.2, 0.25) is 5.91 Å². The molecule has 1 saturated heterocycles. The van der Waals surface area contributed by atoms with Crippen LogP contribution in [0, 0.1) is 5.92 Å². The molecule has 2 rings (SSSR count). The van der Waals surface area contributed by atoms with E-state index in [4.69, 9.17) is 0 Å². The zero-order valence-electron chi connectivity index (χ0n) is 12.0. The summed E-state index contributed by atoms with van der Waals surface area (Å²) in [6.45, 7) is 7.03. The molecule has 0 aromatic rings. The molecule has 3 amide bonds. The minimum atomic E-state index is 0.136. The molecule has 0 aromatic carbocycles. The third kappa shape index (κ3) is 3.61. The van der Waals surface area contributed by atoms with Crippen LogP contribution in [0.3, 0.4) is 0 Å². The van der Waals surface area contributed by atoms with E-state index in [2.05, 4.69) is 5.32 Å². The highest BCUT2D eigenvalue weighted by molar-refractivity contribution is 5.81. The molecule has 108 valence electrons. The second-order valence-electron chi connectivity index (χ2n) is 5.50. The molecule has 0 spiro atoms. The summed E-state index contributed by atoms with van der Waals surface area (Å²) >= 11 is 0. The normalized spacial score (nSPS) is 20.2. The molecule has 1 heterocycles. The van der Waals surface area contributed by atoms with Crippen LogP contribution in [0.5, 0.6) is 0 Å². The first-order valence-corrected chi connectivity index (χ1v) is 7.49. The molecule has 1 aliphatic carbocycles. The highest BCUT2D eigenvalue weighted by atomic mass is 16.2. The molecule has 5 heteroatoms. The molecule has 1 N–H and O–H groups in total. The lowest BCUT2D eigenvalue weighted by Gasteiger charge is -2.35. The molecule has 5 nitrogen and oxygen atoms in total. The Morgan fingerprint density at radius 1 is 1.11 bits per heavy atom. The van der Waals surface area contributed by atoms with Gasteiger partial charge in [0.05, 0.1) is 0 Å². The van der Waals surface area contributed by atoms with Crippen molar-refractivity contribution in [3.05, 3.63) is 0 Å². The lowest BCUT2D eigenvalue weighted by molar-refractivity contribution is -0.123. The van der Waals surface area contributed by atoms with Crippen molar-refractivity contribution >= 4 is 11.9 Å². The summed E-state index contributed by atoms with van der Waals surface area (Å²) in [5, 5.41) is 3.11. The number of nitrogens with zero attached hydrogens (tertiary/aromatic N) is 2. The van der Waals surface area contributed by atoms with E-state index >= 15 is 0 Å². The summed E-state index contributed by atoms with van der Waals surface area (Å²) in [5.74, 6) is 0.490. The van der Waals surface area contributed by atoms with Gasteiger partial charge in [-0.1, -0.05) is 0 Å². The number of carbonyl (C=O) groups excluding carboxylic acids is 2. The van der Waals surface area contributed by atoms with E-state index in [1.807, 2.05) is 23.6 Å². The van der Waals surface area contributed by atoms with E-state index < -0.39 is 0 Å². The number of piperidine rings is 1. The number of urea groups is 1. The molecule has 1 saturated carbocycles. The quantitative estimate of drug-likeness (QED) is 0.838. The van der Waals surface area contributed by atoms with Gasteiger partial charge in [-0.3, -0.25) is 4.79 Å².